The summed E-state index contributed by atoms with van der Waals surface area (Å²) in [7, 11) is -3.66. The maximum atomic E-state index is 12.5. The first-order valence-corrected chi connectivity index (χ1v) is 11.5. The van der Waals surface area contributed by atoms with Crippen LogP contribution in [0.25, 0.3) is 0 Å². The third-order valence-corrected chi connectivity index (χ3v) is 5.87. The number of nitrogens with zero attached hydrogens (tertiary/aromatic N) is 2. The Kier molecular flexibility index (Phi) is 6.74. The number of pyridine rings is 1. The highest BCUT2D eigenvalue weighted by atomic mass is 35.5. The molecule has 3 rings (SSSR count). The molecule has 3 aromatic rings. The van der Waals surface area contributed by atoms with E-state index in [-0.39, 0.29) is 6.54 Å². The van der Waals surface area contributed by atoms with Gasteiger partial charge in [-0.3, -0.25) is 14.1 Å². The van der Waals surface area contributed by atoms with Gasteiger partial charge in [-0.05, 0) is 72.5 Å². The van der Waals surface area contributed by atoms with Gasteiger partial charge in [0.1, 0.15) is 6.54 Å². The Morgan fingerprint density at radius 3 is 2.27 bits per heavy atom. The maximum Gasteiger partial charge on any atom is 0.245 e. The van der Waals surface area contributed by atoms with Crippen LogP contribution < -0.4 is 9.62 Å². The van der Waals surface area contributed by atoms with Gasteiger partial charge in [-0.2, -0.15) is 0 Å². The Hall–Kier alpha value is -2.90. The Morgan fingerprint density at radius 1 is 1.03 bits per heavy atom. The molecule has 0 unspecified atom stereocenters. The summed E-state index contributed by atoms with van der Waals surface area (Å²) in [5, 5.41) is 3.26. The minimum Gasteiger partial charge on any atom is -0.325 e. The summed E-state index contributed by atoms with van der Waals surface area (Å²) < 4.78 is 25.6. The molecule has 2 aromatic carbocycles. The smallest absolute Gasteiger partial charge is 0.245 e. The molecule has 0 saturated carbocycles. The highest BCUT2D eigenvalue weighted by Gasteiger charge is 2.22. The number of nitrogens with one attached hydrogen (secondary N) is 1. The summed E-state index contributed by atoms with van der Waals surface area (Å²) >= 11 is 5.96. The van der Waals surface area contributed by atoms with Crippen LogP contribution in [0.15, 0.2) is 67.0 Å². The summed E-state index contributed by atoms with van der Waals surface area (Å²) in [6.07, 6.45) is 5.33. The SMILES string of the molecule is Cc1cc(Cl)ccc1N(CC(=O)Nc1ccc(Cc2ccncc2)cc1)S(C)(=O)=O. The van der Waals surface area contributed by atoms with Gasteiger partial charge in [-0.15, -0.1) is 0 Å². The number of carbonyl (C=O) groups excluding carboxylic acids is 1. The predicted octanol–water partition coefficient (Wildman–Crippen LogP) is 4.04. The van der Waals surface area contributed by atoms with E-state index in [0.717, 1.165) is 28.1 Å². The number of sulfonamides is 1. The Morgan fingerprint density at radius 2 is 1.67 bits per heavy atom. The Labute approximate surface area is 181 Å². The van der Waals surface area contributed by atoms with E-state index in [2.05, 4.69) is 10.3 Å². The number of anilines is 2. The molecule has 1 heterocycles. The van der Waals surface area contributed by atoms with Gasteiger partial charge in [0.05, 0.1) is 11.9 Å². The lowest BCUT2D eigenvalue weighted by Gasteiger charge is -2.23. The Bertz CT molecular complexity index is 1130. The number of hydrogen-bond acceptors (Lipinski definition) is 4. The van der Waals surface area contributed by atoms with Crippen molar-refractivity contribution >= 4 is 38.9 Å². The molecule has 1 N–H and O–H groups in total. The van der Waals surface area contributed by atoms with Crippen LogP contribution in [0.4, 0.5) is 11.4 Å². The molecule has 0 aliphatic carbocycles. The fraction of sp³-hybridized carbons (Fsp3) is 0.182. The molecule has 6 nitrogen and oxygen atoms in total. The van der Waals surface area contributed by atoms with Gasteiger partial charge in [0.25, 0.3) is 0 Å². The molecule has 156 valence electrons. The van der Waals surface area contributed by atoms with E-state index in [9.17, 15) is 13.2 Å². The van der Waals surface area contributed by atoms with Crippen molar-refractivity contribution < 1.29 is 13.2 Å². The maximum absolute atomic E-state index is 12.5. The molecule has 0 bridgehead atoms. The number of benzene rings is 2. The topological polar surface area (TPSA) is 79.4 Å². The molecule has 0 aliphatic heterocycles. The Balaban J connectivity index is 1.69. The molecule has 8 heteroatoms. The molecule has 0 atom stereocenters. The fourth-order valence-electron chi connectivity index (χ4n) is 3.05. The van der Waals surface area contributed by atoms with E-state index in [1.165, 1.54) is 0 Å². The third kappa shape index (κ3) is 5.81. The van der Waals surface area contributed by atoms with Crippen LogP contribution in [0, 0.1) is 6.92 Å². The van der Waals surface area contributed by atoms with Crippen molar-refractivity contribution in [3.05, 3.63) is 88.7 Å². The van der Waals surface area contributed by atoms with Gasteiger partial charge in [0.2, 0.25) is 15.9 Å². The lowest BCUT2D eigenvalue weighted by molar-refractivity contribution is -0.114. The van der Waals surface area contributed by atoms with Crippen LogP contribution in [0.2, 0.25) is 5.02 Å². The lowest BCUT2D eigenvalue weighted by Crippen LogP contribution is -2.37. The molecule has 0 saturated heterocycles. The second-order valence-corrected chi connectivity index (χ2v) is 9.32. The molecular weight excluding hydrogens is 422 g/mol. The zero-order chi connectivity index (χ0) is 21.7. The molecule has 30 heavy (non-hydrogen) atoms. The molecule has 0 fully saturated rings. The number of aromatic nitrogens is 1. The second-order valence-electron chi connectivity index (χ2n) is 6.98. The molecule has 0 spiro atoms. The van der Waals surface area contributed by atoms with Crippen molar-refractivity contribution in [3.63, 3.8) is 0 Å². The van der Waals surface area contributed by atoms with E-state index in [1.54, 1.807) is 49.6 Å². The van der Waals surface area contributed by atoms with Crippen LogP contribution in [0.3, 0.4) is 0 Å². The van der Waals surface area contributed by atoms with Gasteiger partial charge in [-0.1, -0.05) is 23.7 Å². The first-order valence-electron chi connectivity index (χ1n) is 9.24. The van der Waals surface area contributed by atoms with E-state index in [4.69, 9.17) is 11.6 Å². The predicted molar refractivity (Wildman–Crippen MR) is 120 cm³/mol. The highest BCUT2D eigenvalue weighted by Crippen LogP contribution is 2.25. The lowest BCUT2D eigenvalue weighted by atomic mass is 10.1. The fourth-order valence-corrected chi connectivity index (χ4v) is 4.19. The van der Waals surface area contributed by atoms with Gasteiger partial charge in [0, 0.05) is 23.1 Å². The van der Waals surface area contributed by atoms with Gasteiger partial charge in [0.15, 0.2) is 0 Å². The van der Waals surface area contributed by atoms with Crippen molar-refractivity contribution in [2.45, 2.75) is 13.3 Å². The average molecular weight is 444 g/mol. The van der Waals surface area contributed by atoms with Crippen molar-refractivity contribution in [2.75, 3.05) is 22.4 Å². The summed E-state index contributed by atoms with van der Waals surface area (Å²) in [5.41, 5.74) is 3.92. The van der Waals surface area contributed by atoms with Gasteiger partial charge in [-0.25, -0.2) is 8.42 Å². The first-order chi connectivity index (χ1) is 14.2. The molecular formula is C22H22ClN3O3S. The minimum absolute atomic E-state index is 0.333. The van der Waals surface area contributed by atoms with Crippen molar-refractivity contribution in [3.8, 4) is 0 Å². The monoisotopic (exact) mass is 443 g/mol. The molecule has 1 amide bonds. The van der Waals surface area contributed by atoms with Gasteiger partial charge >= 0.3 is 0 Å². The molecule has 1 aromatic heterocycles. The van der Waals surface area contributed by atoms with Crippen LogP contribution in [-0.4, -0.2) is 32.1 Å². The quantitative estimate of drug-likeness (QED) is 0.597. The van der Waals surface area contributed by atoms with Crippen molar-refractivity contribution in [1.29, 1.82) is 0 Å². The number of carbonyl (C=O) groups is 1. The molecule has 0 radical (unpaired) electrons. The average Bonchev–Trinajstić information content (AvgIpc) is 2.68. The normalized spacial score (nSPS) is 11.2. The minimum atomic E-state index is -3.66. The van der Waals surface area contributed by atoms with Crippen LogP contribution >= 0.6 is 11.6 Å². The van der Waals surface area contributed by atoms with E-state index >= 15 is 0 Å². The van der Waals surface area contributed by atoms with Crippen LogP contribution in [0.1, 0.15) is 16.7 Å². The van der Waals surface area contributed by atoms with Gasteiger partial charge < -0.3 is 5.32 Å². The summed E-state index contributed by atoms with van der Waals surface area (Å²) in [6, 6.07) is 16.2. The zero-order valence-corrected chi connectivity index (χ0v) is 18.2. The van der Waals surface area contributed by atoms with E-state index < -0.39 is 15.9 Å². The van der Waals surface area contributed by atoms with Crippen LogP contribution in [0.5, 0.6) is 0 Å². The molecule has 0 aliphatic rings. The van der Waals surface area contributed by atoms with E-state index in [0.29, 0.717) is 22.0 Å². The van der Waals surface area contributed by atoms with Crippen molar-refractivity contribution in [1.82, 2.24) is 4.98 Å². The first kappa shape index (κ1) is 21.8. The number of halogens is 1. The van der Waals surface area contributed by atoms with E-state index in [1.807, 2.05) is 24.3 Å². The summed E-state index contributed by atoms with van der Waals surface area (Å²) in [5.74, 6) is -0.434. The number of hydrogen-bond donors (Lipinski definition) is 1. The van der Waals surface area contributed by atoms with Crippen molar-refractivity contribution in [2.24, 2.45) is 0 Å². The highest BCUT2D eigenvalue weighted by molar-refractivity contribution is 7.92. The standard InChI is InChI=1S/C22H22ClN3O3S/c1-16-13-19(23)5-8-21(16)26(30(2,28)29)15-22(27)25-20-6-3-17(4-7-20)14-18-9-11-24-12-10-18/h3-13H,14-15H2,1-2H3,(H,25,27). The zero-order valence-electron chi connectivity index (χ0n) is 16.7. The number of rotatable bonds is 7. The third-order valence-electron chi connectivity index (χ3n) is 4.51. The number of amides is 1. The number of aryl methyl sites for hydroxylation is 1. The summed E-state index contributed by atoms with van der Waals surface area (Å²) in [6.45, 7) is 1.42. The summed E-state index contributed by atoms with van der Waals surface area (Å²) in [4.78, 5) is 16.6. The largest absolute Gasteiger partial charge is 0.325 e. The van der Waals surface area contributed by atoms with Crippen LogP contribution in [-0.2, 0) is 21.2 Å². The second kappa shape index (κ2) is 9.28.